The summed E-state index contributed by atoms with van der Waals surface area (Å²) in [6.07, 6.45) is 2.11. The van der Waals surface area contributed by atoms with Crippen molar-refractivity contribution < 1.29 is 26.4 Å². The second kappa shape index (κ2) is 6.67. The Kier molecular flexibility index (Phi) is 4.88. The number of hydrogen-bond donors (Lipinski definition) is 0. The fourth-order valence-electron chi connectivity index (χ4n) is 2.57. The Morgan fingerprint density at radius 2 is 1.41 bits per heavy atom. The van der Waals surface area contributed by atoms with Gasteiger partial charge in [-0.2, -0.15) is 0 Å². The van der Waals surface area contributed by atoms with Gasteiger partial charge in [0.15, 0.2) is 17.7 Å². The second-order valence-electron chi connectivity index (χ2n) is 4.97. The van der Waals surface area contributed by atoms with Crippen LogP contribution < -0.4 is 26.4 Å². The van der Waals surface area contributed by atoms with Gasteiger partial charge in [-0.3, -0.25) is 0 Å². The van der Waals surface area contributed by atoms with Gasteiger partial charge in [0.05, 0.1) is 14.2 Å². The summed E-state index contributed by atoms with van der Waals surface area (Å²) in [6.45, 7) is 0. The Hall–Kier alpha value is -2.26. The third kappa shape index (κ3) is 2.85. The van der Waals surface area contributed by atoms with E-state index in [4.69, 9.17) is 9.47 Å². The molecule has 0 fully saturated rings. The van der Waals surface area contributed by atoms with Crippen molar-refractivity contribution in [3.8, 4) is 22.8 Å². The summed E-state index contributed by atoms with van der Waals surface area (Å²) in [5.74, 6) is 1.50. The normalized spacial score (nSPS) is 10.1. The maximum atomic E-state index is 5.39. The zero-order valence-electron chi connectivity index (χ0n) is 12.8. The lowest BCUT2D eigenvalue weighted by atomic mass is 10.1. The summed E-state index contributed by atoms with van der Waals surface area (Å²) >= 11 is 0. The van der Waals surface area contributed by atoms with Gasteiger partial charge in [-0.1, -0.05) is 18.2 Å². The molecule has 0 radical (unpaired) electrons. The van der Waals surface area contributed by atoms with Crippen molar-refractivity contribution in [1.82, 2.24) is 0 Å². The minimum Gasteiger partial charge on any atom is -1.00 e. The number of aromatic nitrogens is 1. The van der Waals surface area contributed by atoms with Crippen molar-refractivity contribution >= 4 is 10.8 Å². The van der Waals surface area contributed by atoms with Crippen LogP contribution in [0.4, 0.5) is 0 Å². The number of fused-ring (bicyclic) bond motifs is 1. The topological polar surface area (TPSA) is 22.3 Å². The number of ether oxygens (including phenoxy) is 2. The van der Waals surface area contributed by atoms with E-state index in [1.165, 1.54) is 5.56 Å². The Balaban J connectivity index is 0.00000176. The number of methoxy groups -OCH3 is 2. The van der Waals surface area contributed by atoms with Gasteiger partial charge in [0.1, 0.15) is 7.05 Å². The highest BCUT2D eigenvalue weighted by Crippen LogP contribution is 2.32. The van der Waals surface area contributed by atoms with Crippen molar-refractivity contribution in [3.05, 3.63) is 54.7 Å². The Morgan fingerprint density at radius 3 is 2.00 bits per heavy atom. The van der Waals surface area contributed by atoms with Gasteiger partial charge in [0.25, 0.3) is 0 Å². The van der Waals surface area contributed by atoms with Crippen LogP contribution in [-0.4, -0.2) is 14.2 Å². The van der Waals surface area contributed by atoms with Crippen LogP contribution in [0.25, 0.3) is 22.0 Å². The zero-order valence-corrected chi connectivity index (χ0v) is 13.6. The van der Waals surface area contributed by atoms with E-state index in [9.17, 15) is 0 Å². The molecule has 114 valence electrons. The lowest BCUT2D eigenvalue weighted by Crippen LogP contribution is -3.00. The van der Waals surface area contributed by atoms with E-state index >= 15 is 0 Å². The van der Waals surface area contributed by atoms with E-state index < -0.39 is 0 Å². The largest absolute Gasteiger partial charge is 1.00 e. The third-order valence-electron chi connectivity index (χ3n) is 3.66. The molecule has 4 heteroatoms. The van der Waals surface area contributed by atoms with Crippen LogP contribution in [-0.2, 0) is 7.05 Å². The van der Waals surface area contributed by atoms with Gasteiger partial charge in [-0.15, -0.1) is 0 Å². The lowest BCUT2D eigenvalue weighted by molar-refractivity contribution is -0.659. The van der Waals surface area contributed by atoms with Gasteiger partial charge in [-0.05, 0) is 29.7 Å². The van der Waals surface area contributed by atoms with Crippen LogP contribution in [0.3, 0.4) is 0 Å². The van der Waals surface area contributed by atoms with E-state index in [1.54, 1.807) is 14.2 Å². The molecule has 0 aliphatic heterocycles. The monoisotopic (exact) mass is 315 g/mol. The van der Waals surface area contributed by atoms with Gasteiger partial charge in [0.2, 0.25) is 5.69 Å². The molecular formula is C18H18ClNO2. The first-order valence-electron chi connectivity index (χ1n) is 6.84. The van der Waals surface area contributed by atoms with Crippen LogP contribution >= 0.6 is 0 Å². The van der Waals surface area contributed by atoms with E-state index in [0.29, 0.717) is 0 Å². The van der Waals surface area contributed by atoms with E-state index in [1.807, 2.05) is 30.3 Å². The van der Waals surface area contributed by atoms with Crippen LogP contribution in [0.15, 0.2) is 54.7 Å². The first kappa shape index (κ1) is 16.1. The van der Waals surface area contributed by atoms with E-state index in [-0.39, 0.29) is 12.4 Å². The summed E-state index contributed by atoms with van der Waals surface area (Å²) in [4.78, 5) is 0. The Bertz CT molecular complexity index is 788. The second-order valence-corrected chi connectivity index (χ2v) is 4.97. The predicted octanol–water partition coefficient (Wildman–Crippen LogP) is 0.352. The van der Waals surface area contributed by atoms with E-state index in [0.717, 1.165) is 28.0 Å². The molecule has 0 spiro atoms. The summed E-state index contributed by atoms with van der Waals surface area (Å²) < 4.78 is 12.9. The molecule has 3 nitrogen and oxygen atoms in total. The predicted molar refractivity (Wildman–Crippen MR) is 83.7 cm³/mol. The van der Waals surface area contributed by atoms with Crippen molar-refractivity contribution in [2.75, 3.05) is 14.2 Å². The molecule has 3 rings (SSSR count). The number of aryl methyl sites for hydroxylation is 1. The Labute approximate surface area is 136 Å². The lowest BCUT2D eigenvalue weighted by Gasteiger charge is -2.09. The molecule has 0 unspecified atom stereocenters. The number of nitrogens with zero attached hydrogens (tertiary/aromatic N) is 1. The smallest absolute Gasteiger partial charge is 0.212 e. The fraction of sp³-hybridized carbons (Fsp3) is 0.167. The first-order chi connectivity index (χ1) is 10.2. The van der Waals surface area contributed by atoms with Crippen molar-refractivity contribution in [2.45, 2.75) is 0 Å². The van der Waals surface area contributed by atoms with Crippen molar-refractivity contribution in [2.24, 2.45) is 7.05 Å². The number of benzene rings is 2. The van der Waals surface area contributed by atoms with Crippen molar-refractivity contribution in [1.29, 1.82) is 0 Å². The average Bonchev–Trinajstić information content (AvgIpc) is 2.53. The van der Waals surface area contributed by atoms with Gasteiger partial charge in [0, 0.05) is 17.0 Å². The van der Waals surface area contributed by atoms with Gasteiger partial charge >= 0.3 is 0 Å². The molecule has 22 heavy (non-hydrogen) atoms. The minimum absolute atomic E-state index is 0. The molecule has 0 aliphatic rings. The SMILES string of the molecule is COc1cc2cc(-c3ccccc3)[n+](C)cc2cc1OC.[Cl-]. The molecule has 3 aromatic rings. The molecule has 0 amide bonds. The maximum Gasteiger partial charge on any atom is 0.212 e. The standard InChI is InChI=1S/C18H18NO2.ClH/c1-19-12-15-11-18(21-3)17(20-2)10-14(15)9-16(19)13-7-5-4-6-8-13;/h4-12H,1-3H3;1H/q+1;/p-1. The maximum absolute atomic E-state index is 5.39. The quantitative estimate of drug-likeness (QED) is 0.651. The summed E-state index contributed by atoms with van der Waals surface area (Å²) in [5, 5.41) is 2.25. The highest BCUT2D eigenvalue weighted by Gasteiger charge is 2.14. The van der Waals surface area contributed by atoms with E-state index in [2.05, 4.69) is 36.0 Å². The van der Waals surface area contributed by atoms with Gasteiger partial charge in [-0.25, -0.2) is 4.57 Å². The fourth-order valence-corrected chi connectivity index (χ4v) is 2.57. The highest BCUT2D eigenvalue weighted by atomic mass is 35.5. The first-order valence-corrected chi connectivity index (χ1v) is 6.84. The molecular weight excluding hydrogens is 298 g/mol. The minimum atomic E-state index is 0. The zero-order chi connectivity index (χ0) is 14.8. The Morgan fingerprint density at radius 1 is 0.818 bits per heavy atom. The summed E-state index contributed by atoms with van der Waals surface area (Å²) in [5.41, 5.74) is 2.35. The summed E-state index contributed by atoms with van der Waals surface area (Å²) in [6, 6.07) is 16.5. The molecule has 2 aromatic carbocycles. The number of halogens is 1. The molecule has 1 heterocycles. The molecule has 0 aliphatic carbocycles. The number of pyridine rings is 1. The molecule has 0 saturated heterocycles. The van der Waals surface area contributed by atoms with Crippen LogP contribution in [0.2, 0.25) is 0 Å². The van der Waals surface area contributed by atoms with Crippen LogP contribution in [0.5, 0.6) is 11.5 Å². The van der Waals surface area contributed by atoms with Crippen LogP contribution in [0.1, 0.15) is 0 Å². The van der Waals surface area contributed by atoms with Gasteiger partial charge < -0.3 is 21.9 Å². The molecule has 0 N–H and O–H groups in total. The molecule has 0 saturated carbocycles. The highest BCUT2D eigenvalue weighted by molar-refractivity contribution is 5.87. The molecule has 0 atom stereocenters. The van der Waals surface area contributed by atoms with Crippen LogP contribution in [0, 0.1) is 0 Å². The molecule has 0 bridgehead atoms. The number of hydrogen-bond acceptors (Lipinski definition) is 2. The molecule has 1 aromatic heterocycles. The summed E-state index contributed by atoms with van der Waals surface area (Å²) in [7, 11) is 5.37. The van der Waals surface area contributed by atoms with Crippen molar-refractivity contribution in [3.63, 3.8) is 0 Å². The third-order valence-corrected chi connectivity index (χ3v) is 3.66. The number of rotatable bonds is 3. The average molecular weight is 316 g/mol.